The van der Waals surface area contributed by atoms with Gasteiger partial charge in [0.2, 0.25) is 5.91 Å². The number of thiocarbonyl (C=S) groups is 1. The zero-order valence-electron chi connectivity index (χ0n) is 23.5. The topological polar surface area (TPSA) is 99.5 Å². The Balaban J connectivity index is 1.48. The lowest BCUT2D eigenvalue weighted by molar-refractivity contribution is -0.116. The van der Waals surface area contributed by atoms with Crippen LogP contribution in [0.3, 0.4) is 0 Å². The van der Waals surface area contributed by atoms with E-state index in [9.17, 15) is 14.7 Å². The lowest BCUT2D eigenvalue weighted by atomic mass is 9.96. The standard InChI is InChI=1S/C32H33N5O3S/c1-19-11-12-20(2)27(16-19)34-28(38)13-15-36-30(29(35-32(36)41)26-10-5-6-14-33-26)25-17-21(3)37(22(25)4)24-9-7-8-23(18-24)31(39)40/h5-12,14,16-18,29-30H,13,15H2,1-4H3,(H,34,38)(H,35,41)(H,39,40)/t29-,30-/m0/s1. The summed E-state index contributed by atoms with van der Waals surface area (Å²) in [5.41, 5.74) is 7.70. The van der Waals surface area contributed by atoms with Crippen LogP contribution >= 0.6 is 12.2 Å². The van der Waals surface area contributed by atoms with Crippen molar-refractivity contribution in [3.05, 3.63) is 112 Å². The Kier molecular flexibility index (Phi) is 7.90. The molecule has 8 nitrogen and oxygen atoms in total. The maximum Gasteiger partial charge on any atom is 0.335 e. The Morgan fingerprint density at radius 1 is 1.02 bits per heavy atom. The molecule has 2 aromatic heterocycles. The lowest BCUT2D eigenvalue weighted by Crippen LogP contribution is -2.33. The second kappa shape index (κ2) is 11.5. The molecule has 1 aliphatic rings. The van der Waals surface area contributed by atoms with E-state index >= 15 is 0 Å². The summed E-state index contributed by atoms with van der Waals surface area (Å²) in [5, 5.41) is 16.6. The van der Waals surface area contributed by atoms with E-state index in [4.69, 9.17) is 12.2 Å². The predicted octanol–water partition coefficient (Wildman–Crippen LogP) is 5.81. The average Bonchev–Trinajstić information content (AvgIpc) is 3.44. The van der Waals surface area contributed by atoms with E-state index < -0.39 is 5.97 Å². The summed E-state index contributed by atoms with van der Waals surface area (Å²) < 4.78 is 2.06. The van der Waals surface area contributed by atoms with Gasteiger partial charge in [0.15, 0.2) is 5.11 Å². The number of amides is 1. The molecule has 1 aliphatic heterocycles. The second-order valence-electron chi connectivity index (χ2n) is 10.5. The highest BCUT2D eigenvalue weighted by atomic mass is 32.1. The molecule has 1 saturated heterocycles. The maximum absolute atomic E-state index is 13.1. The number of rotatable bonds is 8. The summed E-state index contributed by atoms with van der Waals surface area (Å²) >= 11 is 5.82. The first-order valence-corrected chi connectivity index (χ1v) is 13.9. The van der Waals surface area contributed by atoms with Crippen LogP contribution < -0.4 is 10.6 Å². The van der Waals surface area contributed by atoms with Gasteiger partial charge in [-0.3, -0.25) is 9.78 Å². The maximum atomic E-state index is 13.1. The minimum atomic E-state index is -0.972. The lowest BCUT2D eigenvalue weighted by Gasteiger charge is -2.28. The van der Waals surface area contributed by atoms with Crippen molar-refractivity contribution in [2.24, 2.45) is 0 Å². The number of carboxylic acids is 1. The first kappa shape index (κ1) is 28.0. The minimum absolute atomic E-state index is 0.0857. The molecule has 0 saturated carbocycles. The third-order valence-corrected chi connectivity index (χ3v) is 7.94. The van der Waals surface area contributed by atoms with Gasteiger partial charge in [-0.05, 0) is 99.1 Å². The molecule has 0 bridgehead atoms. The van der Waals surface area contributed by atoms with Crippen LogP contribution in [0.4, 0.5) is 5.69 Å². The summed E-state index contributed by atoms with van der Waals surface area (Å²) in [7, 11) is 0. The number of aryl methyl sites for hydroxylation is 3. The fourth-order valence-corrected chi connectivity index (χ4v) is 5.88. The number of carbonyl (C=O) groups is 2. The molecule has 5 rings (SSSR count). The van der Waals surface area contributed by atoms with E-state index in [0.717, 1.165) is 45.1 Å². The molecule has 41 heavy (non-hydrogen) atoms. The fourth-order valence-electron chi connectivity index (χ4n) is 5.55. The Morgan fingerprint density at radius 3 is 2.56 bits per heavy atom. The number of aromatic carboxylic acids is 1. The fraction of sp³-hybridized carbons (Fsp3) is 0.250. The van der Waals surface area contributed by atoms with Gasteiger partial charge in [-0.1, -0.05) is 24.3 Å². The van der Waals surface area contributed by atoms with Crippen molar-refractivity contribution in [3.8, 4) is 5.69 Å². The van der Waals surface area contributed by atoms with E-state index in [2.05, 4.69) is 31.2 Å². The van der Waals surface area contributed by atoms with Crippen LogP contribution in [0, 0.1) is 27.7 Å². The highest BCUT2D eigenvalue weighted by molar-refractivity contribution is 7.80. The monoisotopic (exact) mass is 567 g/mol. The van der Waals surface area contributed by atoms with Gasteiger partial charge in [0.1, 0.15) is 0 Å². The first-order chi connectivity index (χ1) is 19.6. The second-order valence-corrected chi connectivity index (χ2v) is 10.8. The number of nitrogens with zero attached hydrogens (tertiary/aromatic N) is 3. The molecule has 4 aromatic rings. The SMILES string of the molecule is Cc1ccc(C)c(NC(=O)CCN2C(=S)N[C@@H](c3ccccn3)[C@@H]2c2cc(C)n(-c3cccc(C(=O)O)c3)c2C)c1. The van der Waals surface area contributed by atoms with Crippen LogP contribution in [0.15, 0.2) is 72.9 Å². The highest BCUT2D eigenvalue weighted by Gasteiger charge is 2.41. The molecule has 9 heteroatoms. The normalized spacial score (nSPS) is 16.5. The number of carboxylic acid groups (broad SMARTS) is 1. The molecule has 0 spiro atoms. The Bertz CT molecular complexity index is 1630. The highest BCUT2D eigenvalue weighted by Crippen LogP contribution is 2.41. The first-order valence-electron chi connectivity index (χ1n) is 13.5. The van der Waals surface area contributed by atoms with Crippen molar-refractivity contribution in [3.63, 3.8) is 0 Å². The summed E-state index contributed by atoms with van der Waals surface area (Å²) in [6, 6.07) is 20.4. The van der Waals surface area contributed by atoms with Crippen LogP contribution in [-0.4, -0.2) is 43.1 Å². The number of nitrogens with one attached hydrogen (secondary N) is 2. The van der Waals surface area contributed by atoms with Gasteiger partial charge in [-0.2, -0.15) is 0 Å². The number of benzene rings is 2. The van der Waals surface area contributed by atoms with Gasteiger partial charge in [0.25, 0.3) is 0 Å². The van der Waals surface area contributed by atoms with Crippen molar-refractivity contribution in [1.82, 2.24) is 19.8 Å². The number of hydrogen-bond acceptors (Lipinski definition) is 4. The number of hydrogen-bond donors (Lipinski definition) is 3. The van der Waals surface area contributed by atoms with E-state index in [1.54, 1.807) is 24.4 Å². The molecule has 1 fully saturated rings. The largest absolute Gasteiger partial charge is 0.478 e. The molecule has 2 atom stereocenters. The molecular weight excluding hydrogens is 534 g/mol. The van der Waals surface area contributed by atoms with Crippen molar-refractivity contribution in [2.75, 3.05) is 11.9 Å². The summed E-state index contributed by atoms with van der Waals surface area (Å²) in [4.78, 5) is 31.4. The zero-order valence-corrected chi connectivity index (χ0v) is 24.3. The molecular formula is C32H33N5O3S. The molecule has 1 amide bonds. The van der Waals surface area contributed by atoms with Gasteiger partial charge in [0.05, 0.1) is 23.3 Å². The van der Waals surface area contributed by atoms with Crippen molar-refractivity contribution in [1.29, 1.82) is 0 Å². The zero-order chi connectivity index (χ0) is 29.3. The van der Waals surface area contributed by atoms with Crippen LogP contribution in [0.5, 0.6) is 0 Å². The van der Waals surface area contributed by atoms with E-state index in [-0.39, 0.29) is 30.0 Å². The molecule has 210 valence electrons. The van der Waals surface area contributed by atoms with E-state index in [1.165, 1.54) is 0 Å². The van der Waals surface area contributed by atoms with Crippen molar-refractivity contribution >= 4 is 34.9 Å². The van der Waals surface area contributed by atoms with Crippen molar-refractivity contribution < 1.29 is 14.7 Å². The molecule has 3 heterocycles. The predicted molar refractivity (Wildman–Crippen MR) is 164 cm³/mol. The molecule has 3 N–H and O–H groups in total. The molecule has 0 radical (unpaired) electrons. The molecule has 0 unspecified atom stereocenters. The third kappa shape index (κ3) is 5.71. The third-order valence-electron chi connectivity index (χ3n) is 7.58. The average molecular weight is 568 g/mol. The van der Waals surface area contributed by atoms with Crippen LogP contribution in [0.2, 0.25) is 0 Å². The number of aromatic nitrogens is 2. The molecule has 0 aliphatic carbocycles. The van der Waals surface area contributed by atoms with Crippen molar-refractivity contribution in [2.45, 2.75) is 46.2 Å². The summed E-state index contributed by atoms with van der Waals surface area (Å²) in [5.74, 6) is -1.06. The van der Waals surface area contributed by atoms with E-state index in [1.807, 2.05) is 70.2 Å². The number of carbonyl (C=O) groups excluding carboxylic acids is 1. The van der Waals surface area contributed by atoms with Crippen LogP contribution in [0.25, 0.3) is 5.69 Å². The van der Waals surface area contributed by atoms with Gasteiger partial charge in [-0.15, -0.1) is 0 Å². The van der Waals surface area contributed by atoms with E-state index in [0.29, 0.717) is 11.7 Å². The smallest absolute Gasteiger partial charge is 0.335 e. The number of anilines is 1. The van der Waals surface area contributed by atoms with Crippen LogP contribution in [-0.2, 0) is 4.79 Å². The van der Waals surface area contributed by atoms with Gasteiger partial charge < -0.3 is 25.2 Å². The quantitative estimate of drug-likeness (QED) is 0.231. The number of pyridine rings is 1. The Morgan fingerprint density at radius 2 is 1.83 bits per heavy atom. The minimum Gasteiger partial charge on any atom is -0.478 e. The van der Waals surface area contributed by atoms with Gasteiger partial charge >= 0.3 is 5.97 Å². The summed E-state index contributed by atoms with van der Waals surface area (Å²) in [6.07, 6.45) is 2.01. The van der Waals surface area contributed by atoms with Gasteiger partial charge in [-0.25, -0.2) is 4.79 Å². The van der Waals surface area contributed by atoms with Crippen LogP contribution in [0.1, 0.15) is 62.6 Å². The molecule has 2 aromatic carbocycles. The Labute approximate surface area is 245 Å². The Hall–Kier alpha value is -4.50. The van der Waals surface area contributed by atoms with Gasteiger partial charge in [0, 0.05) is 41.9 Å². The summed E-state index contributed by atoms with van der Waals surface area (Å²) in [6.45, 7) is 8.42.